The average molecular weight is 335 g/mol. The van der Waals surface area contributed by atoms with Crippen molar-refractivity contribution in [3.8, 4) is 0 Å². The maximum absolute atomic E-state index is 10.3. The van der Waals surface area contributed by atoms with Gasteiger partial charge >= 0.3 is 0 Å². The zero-order chi connectivity index (χ0) is 15.4. The number of aliphatic hydroxyl groups is 1. The van der Waals surface area contributed by atoms with Gasteiger partial charge in [0, 0.05) is 34.9 Å². The third-order valence-corrected chi connectivity index (χ3v) is 5.30. The zero-order valence-electron chi connectivity index (χ0n) is 12.2. The number of aromatic nitrogens is 1. The molecule has 1 aromatic carbocycles. The molecule has 0 fully saturated rings. The highest BCUT2D eigenvalue weighted by Crippen LogP contribution is 2.36. The summed E-state index contributed by atoms with van der Waals surface area (Å²) in [5.74, 6) is 1.12. The van der Waals surface area contributed by atoms with Crippen LogP contribution >= 0.6 is 23.4 Å². The smallest absolute Gasteiger partial charge is 0.0915 e. The fourth-order valence-electron chi connectivity index (χ4n) is 2.72. The number of rotatable bonds is 4. The van der Waals surface area contributed by atoms with Crippen molar-refractivity contribution in [2.24, 2.45) is 0 Å². The second kappa shape index (κ2) is 7.47. The molecule has 3 nitrogen and oxygen atoms in total. The van der Waals surface area contributed by atoms with Crippen LogP contribution in [0.25, 0.3) is 0 Å². The van der Waals surface area contributed by atoms with Gasteiger partial charge in [0.2, 0.25) is 0 Å². The van der Waals surface area contributed by atoms with Crippen LogP contribution in [0.15, 0.2) is 47.6 Å². The lowest BCUT2D eigenvalue weighted by Crippen LogP contribution is -2.26. The molecule has 0 radical (unpaired) electrons. The van der Waals surface area contributed by atoms with Crippen LogP contribution in [0.1, 0.15) is 36.1 Å². The van der Waals surface area contributed by atoms with Crippen molar-refractivity contribution in [3.63, 3.8) is 0 Å². The Morgan fingerprint density at radius 3 is 2.95 bits per heavy atom. The Balaban J connectivity index is 1.71. The molecule has 0 saturated carbocycles. The second-order valence-electron chi connectivity index (χ2n) is 5.43. The van der Waals surface area contributed by atoms with Crippen molar-refractivity contribution >= 4 is 23.4 Å². The number of aliphatic hydroxyl groups excluding tert-OH is 1. The largest absolute Gasteiger partial charge is 0.387 e. The van der Waals surface area contributed by atoms with E-state index in [-0.39, 0.29) is 6.04 Å². The normalized spacial score (nSPS) is 19.3. The molecule has 2 heterocycles. The van der Waals surface area contributed by atoms with Gasteiger partial charge in [-0.2, -0.15) is 0 Å². The molecule has 2 unspecified atom stereocenters. The molecule has 0 bridgehead atoms. The maximum Gasteiger partial charge on any atom is 0.0915 e. The van der Waals surface area contributed by atoms with E-state index in [1.54, 1.807) is 12.4 Å². The van der Waals surface area contributed by atoms with Gasteiger partial charge in [0.15, 0.2) is 0 Å². The van der Waals surface area contributed by atoms with Crippen LogP contribution in [-0.4, -0.2) is 22.4 Å². The highest BCUT2D eigenvalue weighted by Gasteiger charge is 2.20. The first-order chi connectivity index (χ1) is 10.7. The molecule has 1 aliphatic heterocycles. The van der Waals surface area contributed by atoms with Crippen molar-refractivity contribution in [2.45, 2.75) is 29.9 Å². The average Bonchev–Trinajstić information content (AvgIpc) is 2.75. The summed E-state index contributed by atoms with van der Waals surface area (Å²) in [6, 6.07) is 10.0. The number of pyridine rings is 1. The highest BCUT2D eigenvalue weighted by molar-refractivity contribution is 7.99. The van der Waals surface area contributed by atoms with Crippen molar-refractivity contribution in [3.05, 3.63) is 58.9 Å². The molecule has 2 atom stereocenters. The van der Waals surface area contributed by atoms with E-state index in [9.17, 15) is 5.11 Å². The third-order valence-electron chi connectivity index (χ3n) is 3.89. The van der Waals surface area contributed by atoms with Gasteiger partial charge in [-0.1, -0.05) is 11.6 Å². The molecule has 5 heteroatoms. The fourth-order valence-corrected chi connectivity index (χ4v) is 3.96. The molecule has 2 N–H and O–H groups in total. The number of hydrogen-bond acceptors (Lipinski definition) is 4. The van der Waals surface area contributed by atoms with Gasteiger partial charge in [-0.3, -0.25) is 4.98 Å². The van der Waals surface area contributed by atoms with Crippen LogP contribution in [0.5, 0.6) is 0 Å². The molecule has 0 aliphatic carbocycles. The molecule has 0 saturated heterocycles. The predicted molar refractivity (Wildman–Crippen MR) is 91.4 cm³/mol. The van der Waals surface area contributed by atoms with Crippen LogP contribution in [0.4, 0.5) is 0 Å². The summed E-state index contributed by atoms with van der Waals surface area (Å²) in [5, 5.41) is 14.6. The Morgan fingerprint density at radius 2 is 2.14 bits per heavy atom. The van der Waals surface area contributed by atoms with Crippen molar-refractivity contribution in [1.29, 1.82) is 0 Å². The molecule has 116 valence electrons. The van der Waals surface area contributed by atoms with Gasteiger partial charge in [0.05, 0.1) is 6.10 Å². The summed E-state index contributed by atoms with van der Waals surface area (Å²) in [5.41, 5.74) is 2.13. The summed E-state index contributed by atoms with van der Waals surface area (Å²) in [6.45, 7) is 0.519. The number of nitrogens with one attached hydrogen (secondary N) is 1. The SMILES string of the molecule is OC(CNC1CCCSc2ccc(Cl)cc21)c1ccncc1. The lowest BCUT2D eigenvalue weighted by molar-refractivity contribution is 0.168. The first-order valence-corrected chi connectivity index (χ1v) is 8.84. The van der Waals surface area contributed by atoms with E-state index >= 15 is 0 Å². The molecule has 2 aromatic rings. The zero-order valence-corrected chi connectivity index (χ0v) is 13.8. The molecule has 0 amide bonds. The number of benzene rings is 1. The summed E-state index contributed by atoms with van der Waals surface area (Å²) < 4.78 is 0. The van der Waals surface area contributed by atoms with E-state index in [1.807, 2.05) is 36.0 Å². The van der Waals surface area contributed by atoms with E-state index in [1.165, 1.54) is 10.5 Å². The fraction of sp³-hybridized carbons (Fsp3) is 0.353. The van der Waals surface area contributed by atoms with E-state index in [0.29, 0.717) is 6.54 Å². The van der Waals surface area contributed by atoms with Crippen molar-refractivity contribution in [1.82, 2.24) is 10.3 Å². The molecule has 1 aliphatic rings. The Hall–Kier alpha value is -1.07. The molecule has 0 spiro atoms. The summed E-state index contributed by atoms with van der Waals surface area (Å²) in [4.78, 5) is 5.27. The van der Waals surface area contributed by atoms with E-state index < -0.39 is 6.10 Å². The van der Waals surface area contributed by atoms with Gasteiger partial charge in [-0.15, -0.1) is 11.8 Å². The lowest BCUT2D eigenvalue weighted by atomic mass is 10.0. The van der Waals surface area contributed by atoms with Gasteiger partial charge < -0.3 is 10.4 Å². The van der Waals surface area contributed by atoms with Gasteiger partial charge in [-0.05, 0) is 60.1 Å². The number of thioether (sulfide) groups is 1. The number of halogens is 1. The Kier molecular flexibility index (Phi) is 5.37. The quantitative estimate of drug-likeness (QED) is 0.887. The molecule has 1 aromatic heterocycles. The minimum absolute atomic E-state index is 0.236. The second-order valence-corrected chi connectivity index (χ2v) is 7.00. The number of hydrogen-bond donors (Lipinski definition) is 2. The van der Waals surface area contributed by atoms with E-state index in [4.69, 9.17) is 11.6 Å². The van der Waals surface area contributed by atoms with Gasteiger partial charge in [0.1, 0.15) is 0 Å². The van der Waals surface area contributed by atoms with Crippen LogP contribution in [0.3, 0.4) is 0 Å². The highest BCUT2D eigenvalue weighted by atomic mass is 35.5. The van der Waals surface area contributed by atoms with Crippen molar-refractivity contribution < 1.29 is 5.11 Å². The molecule has 3 rings (SSSR count). The first kappa shape index (κ1) is 15.8. The molecule has 22 heavy (non-hydrogen) atoms. The summed E-state index contributed by atoms with van der Waals surface area (Å²) in [6.07, 6.45) is 5.09. The predicted octanol–water partition coefficient (Wildman–Crippen LogP) is 3.99. The first-order valence-electron chi connectivity index (χ1n) is 7.47. The van der Waals surface area contributed by atoms with Crippen LogP contribution < -0.4 is 5.32 Å². The van der Waals surface area contributed by atoms with E-state index in [0.717, 1.165) is 29.2 Å². The van der Waals surface area contributed by atoms with Gasteiger partial charge in [0.25, 0.3) is 0 Å². The Labute approximate surface area is 140 Å². The Morgan fingerprint density at radius 1 is 1.32 bits per heavy atom. The third kappa shape index (κ3) is 3.82. The minimum Gasteiger partial charge on any atom is -0.387 e. The van der Waals surface area contributed by atoms with Crippen LogP contribution in [0.2, 0.25) is 5.02 Å². The van der Waals surface area contributed by atoms with E-state index in [2.05, 4.69) is 16.4 Å². The lowest BCUT2D eigenvalue weighted by Gasteiger charge is -2.21. The topological polar surface area (TPSA) is 45.1 Å². The number of fused-ring (bicyclic) bond motifs is 1. The summed E-state index contributed by atoms with van der Waals surface area (Å²) in [7, 11) is 0. The monoisotopic (exact) mass is 334 g/mol. The standard InChI is InChI=1S/C17H19ClN2OS/c18-13-3-4-17-14(10-13)15(2-1-9-22-17)20-11-16(21)12-5-7-19-8-6-12/h3-8,10,15-16,20-21H,1-2,9,11H2. The van der Waals surface area contributed by atoms with Crippen LogP contribution in [0, 0.1) is 0 Å². The van der Waals surface area contributed by atoms with Gasteiger partial charge in [-0.25, -0.2) is 0 Å². The maximum atomic E-state index is 10.3. The molecular weight excluding hydrogens is 316 g/mol. The summed E-state index contributed by atoms with van der Waals surface area (Å²) >= 11 is 8.04. The Bertz CT molecular complexity index is 623. The minimum atomic E-state index is -0.526. The molecular formula is C17H19ClN2OS. The number of nitrogens with zero attached hydrogens (tertiary/aromatic N) is 1. The van der Waals surface area contributed by atoms with Crippen molar-refractivity contribution in [2.75, 3.05) is 12.3 Å². The van der Waals surface area contributed by atoms with Crippen LogP contribution in [-0.2, 0) is 0 Å².